The lowest BCUT2D eigenvalue weighted by atomic mass is 9.84. The summed E-state index contributed by atoms with van der Waals surface area (Å²) in [7, 11) is 0. The van der Waals surface area contributed by atoms with E-state index in [1.165, 1.54) is 24.3 Å². The summed E-state index contributed by atoms with van der Waals surface area (Å²) in [6.45, 7) is 1.91. The van der Waals surface area contributed by atoms with Crippen molar-refractivity contribution < 1.29 is 19.9 Å². The quantitative estimate of drug-likeness (QED) is 0.496. The number of nitro groups is 1. The van der Waals surface area contributed by atoms with Crippen LogP contribution in [0.3, 0.4) is 0 Å². The number of benzene rings is 2. The molecule has 3 rings (SSSR count). The lowest BCUT2D eigenvalue weighted by Gasteiger charge is -2.39. The molecule has 7 nitrogen and oxygen atoms in total. The van der Waals surface area contributed by atoms with Crippen molar-refractivity contribution in [3.8, 4) is 5.75 Å². The maximum atomic E-state index is 10.9. The molecular weight excluding hydrogens is 428 g/mol. The molecule has 1 unspecified atom stereocenters. The van der Waals surface area contributed by atoms with Gasteiger partial charge in [-0.3, -0.25) is 10.1 Å². The molecule has 0 amide bonds. The van der Waals surface area contributed by atoms with E-state index in [1.807, 2.05) is 24.3 Å². The zero-order valence-electron chi connectivity index (χ0n) is 15.3. The van der Waals surface area contributed by atoms with Gasteiger partial charge in [-0.1, -0.05) is 28.1 Å². The minimum atomic E-state index is -0.836. The highest BCUT2D eigenvalue weighted by atomic mass is 79.9. The van der Waals surface area contributed by atoms with E-state index < -0.39 is 16.6 Å². The molecular formula is C20H23BrN2O5. The third-order valence-corrected chi connectivity index (χ3v) is 5.55. The van der Waals surface area contributed by atoms with Crippen LogP contribution in [0.2, 0.25) is 0 Å². The number of piperidine rings is 1. The molecule has 0 spiro atoms. The lowest BCUT2D eigenvalue weighted by Crippen LogP contribution is -2.46. The number of nitrogens with zero attached hydrogens (tertiary/aromatic N) is 2. The van der Waals surface area contributed by atoms with Gasteiger partial charge >= 0.3 is 0 Å². The highest BCUT2D eigenvalue weighted by molar-refractivity contribution is 9.10. The van der Waals surface area contributed by atoms with Crippen molar-refractivity contribution in [3.05, 3.63) is 68.7 Å². The molecule has 1 heterocycles. The zero-order valence-corrected chi connectivity index (χ0v) is 16.9. The second-order valence-corrected chi connectivity index (χ2v) is 7.97. The van der Waals surface area contributed by atoms with E-state index in [2.05, 4.69) is 20.8 Å². The Kier molecular flexibility index (Phi) is 6.66. The zero-order chi connectivity index (χ0) is 20.1. The summed E-state index contributed by atoms with van der Waals surface area (Å²) in [4.78, 5) is 12.3. The van der Waals surface area contributed by atoms with Crippen molar-refractivity contribution in [3.63, 3.8) is 0 Å². The van der Waals surface area contributed by atoms with Crippen LogP contribution in [0, 0.1) is 10.1 Å². The van der Waals surface area contributed by atoms with Crippen molar-refractivity contribution in [2.45, 2.75) is 24.5 Å². The molecule has 0 bridgehead atoms. The number of hydrogen-bond acceptors (Lipinski definition) is 6. The smallest absolute Gasteiger partial charge is 0.269 e. The van der Waals surface area contributed by atoms with Gasteiger partial charge in [-0.25, -0.2) is 0 Å². The molecule has 150 valence electrons. The summed E-state index contributed by atoms with van der Waals surface area (Å²) in [5.74, 6) is 0.480. The third-order valence-electron chi connectivity index (χ3n) is 5.02. The van der Waals surface area contributed by atoms with Crippen LogP contribution >= 0.6 is 15.9 Å². The topological polar surface area (TPSA) is 96.1 Å². The van der Waals surface area contributed by atoms with Crippen molar-refractivity contribution in [1.29, 1.82) is 0 Å². The minimum Gasteiger partial charge on any atom is -0.491 e. The molecule has 0 aromatic heterocycles. The Morgan fingerprint density at radius 2 is 1.75 bits per heavy atom. The van der Waals surface area contributed by atoms with E-state index in [-0.39, 0.29) is 12.3 Å². The number of likely N-dealkylation sites (tertiary alicyclic amines) is 1. The standard InChI is InChI=1S/C20H23BrN2O5/c21-16-3-1-15(2-4-16)20(25)9-11-22(12-10-20)13-18(24)14-28-19-7-5-17(6-8-19)23(26)27/h1-8,18,24-25H,9-14H2. The Labute approximate surface area is 171 Å². The number of hydrogen-bond donors (Lipinski definition) is 2. The molecule has 2 N–H and O–H groups in total. The van der Waals surface area contributed by atoms with E-state index in [9.17, 15) is 20.3 Å². The molecule has 2 aromatic rings. The SMILES string of the molecule is O=[N+]([O-])c1ccc(OCC(O)CN2CCC(O)(c3ccc(Br)cc3)CC2)cc1. The van der Waals surface area contributed by atoms with Gasteiger partial charge in [0.05, 0.1) is 10.5 Å². The highest BCUT2D eigenvalue weighted by Crippen LogP contribution is 2.33. The Balaban J connectivity index is 1.45. The fourth-order valence-corrected chi connectivity index (χ4v) is 3.63. The van der Waals surface area contributed by atoms with E-state index in [1.54, 1.807) is 0 Å². The third kappa shape index (κ3) is 5.29. The molecule has 2 aromatic carbocycles. The monoisotopic (exact) mass is 450 g/mol. The van der Waals surface area contributed by atoms with Gasteiger partial charge in [0.25, 0.3) is 5.69 Å². The van der Waals surface area contributed by atoms with Crippen LogP contribution in [0.5, 0.6) is 5.75 Å². The van der Waals surface area contributed by atoms with Gasteiger partial charge in [0.1, 0.15) is 18.5 Å². The number of non-ortho nitro benzene ring substituents is 1. The first-order valence-corrected chi connectivity index (χ1v) is 9.91. The van der Waals surface area contributed by atoms with Gasteiger partial charge in [0, 0.05) is 36.2 Å². The number of β-amino-alcohol motifs (C(OH)–C–C–N with tert-alkyl or cyclic N) is 1. The van der Waals surface area contributed by atoms with Crippen molar-refractivity contribution >= 4 is 21.6 Å². The first-order valence-electron chi connectivity index (χ1n) is 9.12. The first kappa shape index (κ1) is 20.7. The Morgan fingerprint density at radius 1 is 1.14 bits per heavy atom. The van der Waals surface area contributed by atoms with Crippen molar-refractivity contribution in [2.24, 2.45) is 0 Å². The molecule has 0 radical (unpaired) electrons. The maximum Gasteiger partial charge on any atom is 0.269 e. The van der Waals surface area contributed by atoms with Gasteiger partial charge < -0.3 is 19.8 Å². The molecule has 1 fully saturated rings. The van der Waals surface area contributed by atoms with Crippen molar-refractivity contribution in [1.82, 2.24) is 4.90 Å². The second kappa shape index (κ2) is 9.00. The van der Waals surface area contributed by atoms with Gasteiger partial charge in [-0.2, -0.15) is 0 Å². The number of aliphatic hydroxyl groups is 2. The second-order valence-electron chi connectivity index (χ2n) is 7.05. The summed E-state index contributed by atoms with van der Waals surface area (Å²) in [6, 6.07) is 13.5. The van der Waals surface area contributed by atoms with Gasteiger partial charge in [-0.05, 0) is 42.7 Å². The molecule has 0 saturated carbocycles. The van der Waals surface area contributed by atoms with Crippen LogP contribution in [0.1, 0.15) is 18.4 Å². The Bertz CT molecular complexity index is 789. The largest absolute Gasteiger partial charge is 0.491 e. The summed E-state index contributed by atoms with van der Waals surface area (Å²) in [5.41, 5.74) is 0.0779. The van der Waals surface area contributed by atoms with Crippen LogP contribution in [0.4, 0.5) is 5.69 Å². The molecule has 28 heavy (non-hydrogen) atoms. The molecule has 1 atom stereocenters. The van der Waals surface area contributed by atoms with Crippen LogP contribution in [0.15, 0.2) is 53.0 Å². The van der Waals surface area contributed by atoms with E-state index >= 15 is 0 Å². The van der Waals surface area contributed by atoms with Crippen LogP contribution in [-0.2, 0) is 5.60 Å². The van der Waals surface area contributed by atoms with Crippen LogP contribution in [0.25, 0.3) is 0 Å². The van der Waals surface area contributed by atoms with Crippen LogP contribution < -0.4 is 4.74 Å². The van der Waals surface area contributed by atoms with Gasteiger partial charge in [0.15, 0.2) is 0 Å². The summed E-state index contributed by atoms with van der Waals surface area (Å²) in [6.07, 6.45) is 0.517. The predicted octanol–water partition coefficient (Wildman–Crippen LogP) is 3.08. The first-order chi connectivity index (χ1) is 13.4. The summed E-state index contributed by atoms with van der Waals surface area (Å²) < 4.78 is 6.49. The van der Waals surface area contributed by atoms with Gasteiger partial charge in [-0.15, -0.1) is 0 Å². The number of halogens is 1. The fraction of sp³-hybridized carbons (Fsp3) is 0.400. The summed E-state index contributed by atoms with van der Waals surface area (Å²) >= 11 is 3.41. The minimum absolute atomic E-state index is 0.000485. The molecule has 1 saturated heterocycles. The number of aliphatic hydroxyl groups excluding tert-OH is 1. The average molecular weight is 451 g/mol. The van der Waals surface area contributed by atoms with E-state index in [4.69, 9.17) is 4.74 Å². The maximum absolute atomic E-state index is 10.9. The Morgan fingerprint density at radius 3 is 2.32 bits per heavy atom. The predicted molar refractivity (Wildman–Crippen MR) is 108 cm³/mol. The van der Waals surface area contributed by atoms with E-state index in [0.717, 1.165) is 10.0 Å². The summed E-state index contributed by atoms with van der Waals surface area (Å²) in [5, 5.41) is 31.8. The number of nitro benzene ring substituents is 1. The fourth-order valence-electron chi connectivity index (χ4n) is 3.36. The molecule has 1 aliphatic rings. The van der Waals surface area contributed by atoms with Gasteiger partial charge in [0.2, 0.25) is 0 Å². The van der Waals surface area contributed by atoms with Crippen LogP contribution in [-0.4, -0.2) is 52.4 Å². The molecule has 0 aliphatic carbocycles. The average Bonchev–Trinajstić information content (AvgIpc) is 2.69. The van der Waals surface area contributed by atoms with E-state index in [0.29, 0.717) is 38.2 Å². The normalized spacial score (nSPS) is 17.8. The molecule has 1 aliphatic heterocycles. The number of rotatable bonds is 7. The lowest BCUT2D eigenvalue weighted by molar-refractivity contribution is -0.384. The molecule has 8 heteroatoms. The number of ether oxygens (including phenoxy) is 1. The van der Waals surface area contributed by atoms with Crippen molar-refractivity contribution in [2.75, 3.05) is 26.2 Å². The highest BCUT2D eigenvalue weighted by Gasteiger charge is 2.34. The Hall–Kier alpha value is -2.00.